The van der Waals surface area contributed by atoms with Gasteiger partial charge in [0.25, 0.3) is 0 Å². The van der Waals surface area contributed by atoms with E-state index in [0.717, 1.165) is 30.0 Å². The fourth-order valence-corrected chi connectivity index (χ4v) is 4.25. The first kappa shape index (κ1) is 12.9. The molecule has 18 heavy (non-hydrogen) atoms. The first-order valence-electron chi connectivity index (χ1n) is 8.28. The predicted octanol–water partition coefficient (Wildman–Crippen LogP) is 3.03. The molecular formula is C16H30N2. The molecule has 0 aromatic rings. The normalized spacial score (nSPS) is 37.0. The van der Waals surface area contributed by atoms with Crippen LogP contribution in [0.15, 0.2) is 0 Å². The second-order valence-electron chi connectivity index (χ2n) is 6.90. The van der Waals surface area contributed by atoms with Crippen LogP contribution in [-0.4, -0.2) is 36.1 Å². The number of piperazine rings is 1. The second kappa shape index (κ2) is 5.50. The van der Waals surface area contributed by atoms with E-state index in [1.807, 2.05) is 0 Å². The summed E-state index contributed by atoms with van der Waals surface area (Å²) in [6.07, 6.45) is 10.2. The lowest BCUT2D eigenvalue weighted by atomic mass is 9.93. The van der Waals surface area contributed by atoms with Crippen molar-refractivity contribution in [3.63, 3.8) is 0 Å². The largest absolute Gasteiger partial charge is 0.311 e. The van der Waals surface area contributed by atoms with Crippen LogP contribution in [-0.2, 0) is 0 Å². The van der Waals surface area contributed by atoms with E-state index in [1.165, 1.54) is 58.0 Å². The van der Waals surface area contributed by atoms with Gasteiger partial charge in [0.1, 0.15) is 0 Å². The third-order valence-electron chi connectivity index (χ3n) is 5.76. The molecule has 1 N–H and O–H groups in total. The Bertz CT molecular complexity index is 268. The molecule has 3 fully saturated rings. The molecule has 2 aliphatic carbocycles. The molecule has 0 spiro atoms. The summed E-state index contributed by atoms with van der Waals surface area (Å²) in [5.74, 6) is 1.98. The summed E-state index contributed by atoms with van der Waals surface area (Å²) in [4.78, 5) is 2.87. The lowest BCUT2D eigenvalue weighted by molar-refractivity contribution is 0.0540. The zero-order valence-corrected chi connectivity index (χ0v) is 12.2. The summed E-state index contributed by atoms with van der Waals surface area (Å²) >= 11 is 0. The molecule has 0 aromatic heterocycles. The number of nitrogens with zero attached hydrogens (tertiary/aromatic N) is 1. The van der Waals surface area contributed by atoms with Crippen molar-refractivity contribution in [1.82, 2.24) is 10.2 Å². The van der Waals surface area contributed by atoms with E-state index >= 15 is 0 Å². The molecule has 0 bridgehead atoms. The van der Waals surface area contributed by atoms with Crippen LogP contribution in [0.25, 0.3) is 0 Å². The molecule has 3 unspecified atom stereocenters. The molecule has 0 aromatic carbocycles. The molecule has 0 amide bonds. The standard InChI is InChI=1S/C16H30N2/c1-3-15-10-17-16(14-8-9-14)11-18(15)12(2)13-6-4-5-7-13/h12-17H,3-11H2,1-2H3. The Morgan fingerprint density at radius 3 is 2.50 bits per heavy atom. The quantitative estimate of drug-likeness (QED) is 0.825. The maximum Gasteiger partial charge on any atom is 0.0224 e. The second-order valence-corrected chi connectivity index (χ2v) is 6.90. The van der Waals surface area contributed by atoms with Gasteiger partial charge < -0.3 is 5.32 Å². The highest BCUT2D eigenvalue weighted by Crippen LogP contribution is 2.37. The Hall–Kier alpha value is -0.0800. The summed E-state index contributed by atoms with van der Waals surface area (Å²) in [6.45, 7) is 7.42. The van der Waals surface area contributed by atoms with Gasteiger partial charge >= 0.3 is 0 Å². The van der Waals surface area contributed by atoms with Crippen LogP contribution in [0.3, 0.4) is 0 Å². The Labute approximate surface area is 113 Å². The molecule has 1 aliphatic heterocycles. The van der Waals surface area contributed by atoms with Crippen molar-refractivity contribution in [2.24, 2.45) is 11.8 Å². The maximum absolute atomic E-state index is 3.82. The monoisotopic (exact) mass is 250 g/mol. The topological polar surface area (TPSA) is 15.3 Å². The molecule has 2 nitrogen and oxygen atoms in total. The van der Waals surface area contributed by atoms with Crippen LogP contribution in [0.1, 0.15) is 58.8 Å². The van der Waals surface area contributed by atoms with Crippen molar-refractivity contribution < 1.29 is 0 Å². The summed E-state index contributed by atoms with van der Waals surface area (Å²) < 4.78 is 0. The minimum absolute atomic E-state index is 0.788. The molecular weight excluding hydrogens is 220 g/mol. The zero-order chi connectivity index (χ0) is 12.5. The van der Waals surface area contributed by atoms with E-state index in [0.29, 0.717) is 0 Å². The average Bonchev–Trinajstić information content (AvgIpc) is 3.12. The maximum atomic E-state index is 3.82. The van der Waals surface area contributed by atoms with Gasteiger partial charge in [0.05, 0.1) is 0 Å². The fourth-order valence-electron chi connectivity index (χ4n) is 4.25. The molecule has 3 atom stereocenters. The fraction of sp³-hybridized carbons (Fsp3) is 1.00. The Kier molecular flexibility index (Phi) is 3.95. The van der Waals surface area contributed by atoms with Crippen LogP contribution in [0, 0.1) is 11.8 Å². The van der Waals surface area contributed by atoms with E-state index in [2.05, 4.69) is 24.1 Å². The van der Waals surface area contributed by atoms with Gasteiger partial charge in [0.2, 0.25) is 0 Å². The highest BCUT2D eigenvalue weighted by Gasteiger charge is 2.39. The third-order valence-corrected chi connectivity index (χ3v) is 5.76. The van der Waals surface area contributed by atoms with Crippen molar-refractivity contribution >= 4 is 0 Å². The Morgan fingerprint density at radius 2 is 1.89 bits per heavy atom. The first-order valence-corrected chi connectivity index (χ1v) is 8.28. The van der Waals surface area contributed by atoms with Gasteiger partial charge in [-0.3, -0.25) is 4.90 Å². The number of hydrogen-bond acceptors (Lipinski definition) is 2. The lowest BCUT2D eigenvalue weighted by Gasteiger charge is -2.45. The van der Waals surface area contributed by atoms with Crippen molar-refractivity contribution in [3.05, 3.63) is 0 Å². The average molecular weight is 250 g/mol. The van der Waals surface area contributed by atoms with Gasteiger partial charge in [-0.15, -0.1) is 0 Å². The molecule has 1 saturated heterocycles. The van der Waals surface area contributed by atoms with Gasteiger partial charge in [0.15, 0.2) is 0 Å². The van der Waals surface area contributed by atoms with E-state index in [-0.39, 0.29) is 0 Å². The molecule has 104 valence electrons. The van der Waals surface area contributed by atoms with E-state index < -0.39 is 0 Å². The van der Waals surface area contributed by atoms with Gasteiger partial charge in [-0.05, 0) is 50.9 Å². The third kappa shape index (κ3) is 2.60. The highest BCUT2D eigenvalue weighted by atomic mass is 15.3. The van der Waals surface area contributed by atoms with Gasteiger partial charge in [-0.25, -0.2) is 0 Å². The predicted molar refractivity (Wildman–Crippen MR) is 76.7 cm³/mol. The Morgan fingerprint density at radius 1 is 1.17 bits per heavy atom. The Balaban J connectivity index is 1.64. The summed E-state index contributed by atoms with van der Waals surface area (Å²) in [6, 6.07) is 2.41. The molecule has 0 radical (unpaired) electrons. The number of rotatable bonds is 4. The van der Waals surface area contributed by atoms with Crippen LogP contribution in [0.5, 0.6) is 0 Å². The van der Waals surface area contributed by atoms with Crippen molar-refractivity contribution in [2.75, 3.05) is 13.1 Å². The van der Waals surface area contributed by atoms with E-state index in [9.17, 15) is 0 Å². The van der Waals surface area contributed by atoms with Crippen LogP contribution in [0.4, 0.5) is 0 Å². The minimum atomic E-state index is 0.788. The lowest BCUT2D eigenvalue weighted by Crippen LogP contribution is -2.60. The molecule has 2 heteroatoms. The van der Waals surface area contributed by atoms with Gasteiger partial charge in [-0.2, -0.15) is 0 Å². The molecule has 2 saturated carbocycles. The van der Waals surface area contributed by atoms with Crippen molar-refractivity contribution in [3.8, 4) is 0 Å². The molecule has 1 heterocycles. The SMILES string of the molecule is CCC1CNC(C2CC2)CN1C(C)C1CCCC1. The van der Waals surface area contributed by atoms with E-state index in [4.69, 9.17) is 0 Å². The van der Waals surface area contributed by atoms with Crippen LogP contribution >= 0.6 is 0 Å². The van der Waals surface area contributed by atoms with E-state index in [1.54, 1.807) is 0 Å². The summed E-state index contributed by atoms with van der Waals surface area (Å²) in [7, 11) is 0. The first-order chi connectivity index (χ1) is 8.79. The van der Waals surface area contributed by atoms with Gasteiger partial charge in [-0.1, -0.05) is 19.8 Å². The van der Waals surface area contributed by atoms with Crippen LogP contribution < -0.4 is 5.32 Å². The van der Waals surface area contributed by atoms with Gasteiger partial charge in [0, 0.05) is 31.2 Å². The number of nitrogens with one attached hydrogen (secondary N) is 1. The van der Waals surface area contributed by atoms with Crippen molar-refractivity contribution in [1.29, 1.82) is 0 Å². The highest BCUT2D eigenvalue weighted by molar-refractivity contribution is 4.96. The van der Waals surface area contributed by atoms with Crippen LogP contribution in [0.2, 0.25) is 0 Å². The zero-order valence-electron chi connectivity index (χ0n) is 12.2. The number of hydrogen-bond donors (Lipinski definition) is 1. The minimum Gasteiger partial charge on any atom is -0.311 e. The van der Waals surface area contributed by atoms with Crippen molar-refractivity contribution in [2.45, 2.75) is 76.9 Å². The summed E-state index contributed by atoms with van der Waals surface area (Å²) in [5, 5.41) is 3.82. The summed E-state index contributed by atoms with van der Waals surface area (Å²) in [5.41, 5.74) is 0. The smallest absolute Gasteiger partial charge is 0.0224 e. The molecule has 3 rings (SSSR count). The molecule has 3 aliphatic rings.